The maximum absolute atomic E-state index is 5.63. The molecule has 1 heterocycles. The van der Waals surface area contributed by atoms with Crippen LogP contribution in [0, 0.1) is 10.5 Å². The van der Waals surface area contributed by atoms with E-state index in [4.69, 9.17) is 10.3 Å². The molecule has 0 radical (unpaired) electrons. The van der Waals surface area contributed by atoms with Crippen LogP contribution in [0.25, 0.3) is 11.3 Å². The van der Waals surface area contributed by atoms with Crippen molar-refractivity contribution in [3.8, 4) is 11.3 Å². The third-order valence-corrected chi connectivity index (χ3v) is 3.46. The van der Waals surface area contributed by atoms with Gasteiger partial charge in [0.2, 0.25) is 0 Å². The average molecular weight is 379 g/mol. The minimum Gasteiger partial charge on any atom is -0.380 e. The summed E-state index contributed by atoms with van der Waals surface area (Å²) in [6.07, 6.45) is 0. The number of rotatable bonds is 1. The normalized spacial score (nSPS) is 10.6. The number of nitrogens with zero attached hydrogens (tertiary/aromatic N) is 1. The molecule has 1 aromatic heterocycles. The quantitative estimate of drug-likeness (QED) is 0.771. The first-order valence-corrected chi connectivity index (χ1v) is 6.13. The van der Waals surface area contributed by atoms with Crippen molar-refractivity contribution in [3.05, 3.63) is 31.8 Å². The van der Waals surface area contributed by atoms with Gasteiger partial charge in [0.1, 0.15) is 3.57 Å². The van der Waals surface area contributed by atoms with Gasteiger partial charge in [0.25, 0.3) is 0 Å². The Hall–Kier alpha value is -0.560. The van der Waals surface area contributed by atoms with Crippen molar-refractivity contribution in [2.75, 3.05) is 5.73 Å². The van der Waals surface area contributed by atoms with Gasteiger partial charge in [0.05, 0.1) is 0 Å². The molecule has 0 spiro atoms. The highest BCUT2D eigenvalue weighted by molar-refractivity contribution is 14.1. The van der Waals surface area contributed by atoms with Gasteiger partial charge in [0, 0.05) is 10.0 Å². The van der Waals surface area contributed by atoms with E-state index < -0.39 is 0 Å². The van der Waals surface area contributed by atoms with Crippen LogP contribution < -0.4 is 5.73 Å². The van der Waals surface area contributed by atoms with Crippen molar-refractivity contribution in [1.82, 2.24) is 5.16 Å². The second-order valence-electron chi connectivity index (χ2n) is 3.23. The van der Waals surface area contributed by atoms with Crippen molar-refractivity contribution in [3.63, 3.8) is 0 Å². The Labute approximate surface area is 109 Å². The van der Waals surface area contributed by atoms with E-state index in [9.17, 15) is 0 Å². The molecule has 0 fully saturated rings. The Morgan fingerprint density at radius 3 is 2.67 bits per heavy atom. The predicted octanol–water partition coefficient (Wildman–Crippen LogP) is 3.60. The lowest BCUT2D eigenvalue weighted by Gasteiger charge is -2.00. The van der Waals surface area contributed by atoms with Crippen LogP contribution in [0.5, 0.6) is 0 Å². The number of nitrogen functional groups attached to an aromatic ring is 1. The molecular formula is C10H8BrIN2O. The van der Waals surface area contributed by atoms with Crippen molar-refractivity contribution in [2.24, 2.45) is 0 Å². The van der Waals surface area contributed by atoms with E-state index in [1.54, 1.807) is 0 Å². The minimum atomic E-state index is 0.434. The van der Waals surface area contributed by atoms with Gasteiger partial charge in [-0.2, -0.15) is 0 Å². The molecule has 0 bridgehead atoms. The van der Waals surface area contributed by atoms with Gasteiger partial charge in [0.15, 0.2) is 11.6 Å². The second kappa shape index (κ2) is 4.13. The van der Waals surface area contributed by atoms with Crippen molar-refractivity contribution < 1.29 is 4.52 Å². The van der Waals surface area contributed by atoms with Gasteiger partial charge in [-0.3, -0.25) is 0 Å². The Kier molecular flexibility index (Phi) is 3.01. The van der Waals surface area contributed by atoms with E-state index in [0.717, 1.165) is 24.9 Å². The van der Waals surface area contributed by atoms with Crippen LogP contribution in [-0.2, 0) is 0 Å². The number of anilines is 1. The fourth-order valence-corrected chi connectivity index (χ4v) is 2.45. The van der Waals surface area contributed by atoms with Crippen LogP contribution in [-0.4, -0.2) is 5.16 Å². The molecule has 1 aromatic carbocycles. The summed E-state index contributed by atoms with van der Waals surface area (Å²) in [5.41, 5.74) is 7.77. The number of hydrogen-bond donors (Lipinski definition) is 1. The molecule has 0 saturated carbocycles. The summed E-state index contributed by atoms with van der Waals surface area (Å²) >= 11 is 5.58. The van der Waals surface area contributed by atoms with Crippen LogP contribution in [0.1, 0.15) is 5.56 Å². The van der Waals surface area contributed by atoms with E-state index in [0.29, 0.717) is 5.82 Å². The highest BCUT2D eigenvalue weighted by Crippen LogP contribution is 2.31. The summed E-state index contributed by atoms with van der Waals surface area (Å²) in [7, 11) is 0. The van der Waals surface area contributed by atoms with Gasteiger partial charge in [-0.05, 0) is 53.3 Å². The Bertz CT molecular complexity index is 490. The molecule has 0 aliphatic heterocycles. The Morgan fingerprint density at radius 2 is 2.13 bits per heavy atom. The number of hydrogen-bond acceptors (Lipinski definition) is 3. The van der Waals surface area contributed by atoms with E-state index in [1.165, 1.54) is 0 Å². The molecule has 2 rings (SSSR count). The van der Waals surface area contributed by atoms with Crippen LogP contribution in [0.3, 0.4) is 0 Å². The van der Waals surface area contributed by atoms with Crippen molar-refractivity contribution in [1.29, 1.82) is 0 Å². The molecule has 3 nitrogen and oxygen atoms in total. The molecule has 0 saturated heterocycles. The highest BCUT2D eigenvalue weighted by atomic mass is 127. The number of benzene rings is 1. The molecule has 0 aliphatic carbocycles. The third kappa shape index (κ3) is 2.17. The summed E-state index contributed by atoms with van der Waals surface area (Å²) in [6.45, 7) is 2.03. The topological polar surface area (TPSA) is 52.0 Å². The first-order valence-electron chi connectivity index (χ1n) is 4.26. The molecule has 2 aromatic rings. The van der Waals surface area contributed by atoms with E-state index in [-0.39, 0.29) is 0 Å². The monoisotopic (exact) mass is 378 g/mol. The maximum Gasteiger partial charge on any atom is 0.182 e. The van der Waals surface area contributed by atoms with E-state index >= 15 is 0 Å². The average Bonchev–Trinajstić information content (AvgIpc) is 2.46. The van der Waals surface area contributed by atoms with Crippen LogP contribution in [0.2, 0.25) is 0 Å². The highest BCUT2D eigenvalue weighted by Gasteiger charge is 2.13. The zero-order chi connectivity index (χ0) is 11.0. The molecule has 5 heteroatoms. The first kappa shape index (κ1) is 10.9. The summed E-state index contributed by atoms with van der Waals surface area (Å²) in [5.74, 6) is 1.15. The van der Waals surface area contributed by atoms with Crippen molar-refractivity contribution >= 4 is 44.3 Å². The summed E-state index contributed by atoms with van der Waals surface area (Å²) in [4.78, 5) is 0. The van der Waals surface area contributed by atoms with Gasteiger partial charge < -0.3 is 10.3 Å². The SMILES string of the molecule is Cc1cc(Br)cc(-c2onc(N)c2I)c1. The standard InChI is InChI=1S/C10H8BrIN2O/c1-5-2-6(4-7(11)3-5)9-8(12)10(13)14-15-9/h2-4H,1H3,(H2,13,14). The van der Waals surface area contributed by atoms with Gasteiger partial charge in [-0.15, -0.1) is 0 Å². The molecule has 0 atom stereocenters. The minimum absolute atomic E-state index is 0.434. The predicted molar refractivity (Wildman–Crippen MR) is 71.5 cm³/mol. The smallest absolute Gasteiger partial charge is 0.182 e. The molecule has 2 N–H and O–H groups in total. The zero-order valence-electron chi connectivity index (χ0n) is 7.92. The fraction of sp³-hybridized carbons (Fsp3) is 0.100. The molecule has 0 aliphatic rings. The number of halogens is 2. The van der Waals surface area contributed by atoms with Crippen molar-refractivity contribution in [2.45, 2.75) is 6.92 Å². The lowest BCUT2D eigenvalue weighted by Crippen LogP contribution is -1.86. The lowest BCUT2D eigenvalue weighted by atomic mass is 10.1. The van der Waals surface area contributed by atoms with Crippen LogP contribution in [0.15, 0.2) is 27.2 Å². The Morgan fingerprint density at radius 1 is 1.40 bits per heavy atom. The third-order valence-electron chi connectivity index (χ3n) is 1.96. The summed E-state index contributed by atoms with van der Waals surface area (Å²) in [6, 6.07) is 6.05. The molecular weight excluding hydrogens is 371 g/mol. The maximum atomic E-state index is 5.63. The summed E-state index contributed by atoms with van der Waals surface area (Å²) in [5, 5.41) is 3.73. The van der Waals surface area contributed by atoms with E-state index in [2.05, 4.69) is 43.7 Å². The number of nitrogens with two attached hydrogens (primary N) is 1. The molecule has 15 heavy (non-hydrogen) atoms. The zero-order valence-corrected chi connectivity index (χ0v) is 11.7. The first-order chi connectivity index (χ1) is 7.08. The fourth-order valence-electron chi connectivity index (χ4n) is 1.34. The number of aryl methyl sites for hydroxylation is 1. The Balaban J connectivity index is 2.58. The lowest BCUT2D eigenvalue weighted by molar-refractivity contribution is 0.435. The van der Waals surface area contributed by atoms with Gasteiger partial charge in [-0.25, -0.2) is 0 Å². The van der Waals surface area contributed by atoms with Gasteiger partial charge >= 0.3 is 0 Å². The number of aromatic nitrogens is 1. The summed E-state index contributed by atoms with van der Waals surface area (Å²) < 4.78 is 7.06. The molecule has 0 amide bonds. The molecule has 78 valence electrons. The largest absolute Gasteiger partial charge is 0.380 e. The van der Waals surface area contributed by atoms with Gasteiger partial charge in [-0.1, -0.05) is 21.1 Å². The second-order valence-corrected chi connectivity index (χ2v) is 5.22. The van der Waals surface area contributed by atoms with E-state index in [1.807, 2.05) is 25.1 Å². The van der Waals surface area contributed by atoms with Crippen LogP contribution in [0.4, 0.5) is 5.82 Å². The molecule has 0 unspecified atom stereocenters. The van der Waals surface area contributed by atoms with Crippen LogP contribution >= 0.6 is 38.5 Å².